The van der Waals surface area contributed by atoms with E-state index in [4.69, 9.17) is 5.21 Å². The van der Waals surface area contributed by atoms with Crippen molar-refractivity contribution in [3.05, 3.63) is 48.5 Å². The van der Waals surface area contributed by atoms with E-state index in [0.29, 0.717) is 5.56 Å². The van der Waals surface area contributed by atoms with Crippen LogP contribution < -0.4 is 0 Å². The smallest absolute Gasteiger partial charge is 0.239 e. The molecular formula is C10H9FN4O. The van der Waals surface area contributed by atoms with Crippen LogP contribution >= 0.6 is 0 Å². The van der Waals surface area contributed by atoms with E-state index < -0.39 is 6.30 Å². The Morgan fingerprint density at radius 1 is 1.38 bits per heavy atom. The highest BCUT2D eigenvalue weighted by Crippen LogP contribution is 2.15. The quantitative estimate of drug-likeness (QED) is 0.485. The summed E-state index contributed by atoms with van der Waals surface area (Å²) in [5, 5.41) is 15.5. The molecule has 1 aromatic heterocycles. The maximum absolute atomic E-state index is 13.9. The van der Waals surface area contributed by atoms with Crippen molar-refractivity contribution in [3.63, 3.8) is 0 Å². The number of hydrogen-bond acceptors (Lipinski definition) is 4. The summed E-state index contributed by atoms with van der Waals surface area (Å²) in [6.07, 6.45) is 0.778. The second kappa shape index (κ2) is 4.52. The van der Waals surface area contributed by atoms with Gasteiger partial charge in [0.1, 0.15) is 18.4 Å². The van der Waals surface area contributed by atoms with E-state index in [1.54, 1.807) is 30.3 Å². The van der Waals surface area contributed by atoms with Crippen LogP contribution in [0.2, 0.25) is 0 Å². The number of benzene rings is 1. The molecule has 2 rings (SSSR count). The second-order valence-corrected chi connectivity index (χ2v) is 3.06. The van der Waals surface area contributed by atoms with E-state index in [0.717, 1.165) is 4.68 Å². The summed E-state index contributed by atoms with van der Waals surface area (Å²) >= 11 is 0. The zero-order chi connectivity index (χ0) is 11.4. The number of oxime groups is 1. The summed E-state index contributed by atoms with van der Waals surface area (Å²) in [6.45, 7) is 0. The van der Waals surface area contributed by atoms with E-state index in [9.17, 15) is 4.39 Å². The third kappa shape index (κ3) is 1.90. The highest BCUT2D eigenvalue weighted by atomic mass is 19.1. The molecule has 0 saturated heterocycles. The molecule has 0 radical (unpaired) electrons. The number of rotatable bonds is 3. The van der Waals surface area contributed by atoms with Crippen LogP contribution in [0.3, 0.4) is 0 Å². The van der Waals surface area contributed by atoms with Crippen LogP contribution in [-0.4, -0.2) is 25.7 Å². The van der Waals surface area contributed by atoms with Gasteiger partial charge >= 0.3 is 0 Å². The van der Waals surface area contributed by atoms with E-state index in [1.807, 2.05) is 0 Å². The van der Waals surface area contributed by atoms with Crippen molar-refractivity contribution in [2.24, 2.45) is 5.16 Å². The van der Waals surface area contributed by atoms with Crippen LogP contribution in [0.5, 0.6) is 0 Å². The van der Waals surface area contributed by atoms with Gasteiger partial charge < -0.3 is 5.21 Å². The molecule has 82 valence electrons. The van der Waals surface area contributed by atoms with Crippen molar-refractivity contribution in [2.75, 3.05) is 0 Å². The Bertz CT molecular complexity index is 469. The van der Waals surface area contributed by atoms with Crippen LogP contribution in [0, 0.1) is 0 Å². The van der Waals surface area contributed by atoms with Gasteiger partial charge in [-0.05, 0) is 0 Å². The Hall–Kier alpha value is -2.24. The minimum Gasteiger partial charge on any atom is -0.410 e. The third-order valence-electron chi connectivity index (χ3n) is 2.07. The Kier molecular flexibility index (Phi) is 2.90. The lowest BCUT2D eigenvalue weighted by atomic mass is 10.1. The molecule has 1 atom stereocenters. The normalized spacial score (nSPS) is 13.7. The van der Waals surface area contributed by atoms with Crippen molar-refractivity contribution in [1.82, 2.24) is 14.8 Å². The minimum atomic E-state index is -1.66. The lowest BCUT2D eigenvalue weighted by Gasteiger charge is -2.09. The van der Waals surface area contributed by atoms with Gasteiger partial charge in [-0.3, -0.25) is 0 Å². The first kappa shape index (κ1) is 10.3. The fourth-order valence-electron chi connectivity index (χ4n) is 1.31. The number of alkyl halides is 1. The molecule has 0 aliphatic heterocycles. The molecule has 1 aromatic carbocycles. The first-order valence-electron chi connectivity index (χ1n) is 4.58. The summed E-state index contributed by atoms with van der Waals surface area (Å²) in [5.41, 5.74) is 0.388. The lowest BCUT2D eigenvalue weighted by Crippen LogP contribution is -2.17. The summed E-state index contributed by atoms with van der Waals surface area (Å²) in [6, 6.07) is 8.56. The van der Waals surface area contributed by atoms with Crippen LogP contribution in [0.1, 0.15) is 11.9 Å². The summed E-state index contributed by atoms with van der Waals surface area (Å²) < 4.78 is 14.9. The zero-order valence-electron chi connectivity index (χ0n) is 8.23. The van der Waals surface area contributed by atoms with Gasteiger partial charge in [0.25, 0.3) is 0 Å². The van der Waals surface area contributed by atoms with Crippen molar-refractivity contribution < 1.29 is 9.60 Å². The molecule has 2 aromatic rings. The van der Waals surface area contributed by atoms with Gasteiger partial charge in [0.2, 0.25) is 6.30 Å². The first-order valence-corrected chi connectivity index (χ1v) is 4.58. The molecule has 0 saturated carbocycles. The van der Waals surface area contributed by atoms with Gasteiger partial charge in [-0.25, -0.2) is 14.1 Å². The first-order chi connectivity index (χ1) is 7.83. The van der Waals surface area contributed by atoms with Gasteiger partial charge in [0, 0.05) is 5.56 Å². The van der Waals surface area contributed by atoms with Gasteiger partial charge in [-0.2, -0.15) is 5.10 Å². The molecule has 1 unspecified atom stereocenters. The van der Waals surface area contributed by atoms with E-state index in [1.165, 1.54) is 12.7 Å². The molecule has 0 amide bonds. The topological polar surface area (TPSA) is 63.3 Å². The fourth-order valence-corrected chi connectivity index (χ4v) is 1.31. The van der Waals surface area contributed by atoms with Crippen molar-refractivity contribution in [1.29, 1.82) is 0 Å². The fraction of sp³-hybridized carbons (Fsp3) is 0.100. The molecule has 16 heavy (non-hydrogen) atoms. The Morgan fingerprint density at radius 3 is 2.69 bits per heavy atom. The maximum Gasteiger partial charge on any atom is 0.239 e. The Morgan fingerprint density at radius 2 is 2.12 bits per heavy atom. The van der Waals surface area contributed by atoms with Gasteiger partial charge in [0.05, 0.1) is 0 Å². The van der Waals surface area contributed by atoms with Crippen LogP contribution in [0.4, 0.5) is 4.39 Å². The molecule has 0 bridgehead atoms. The van der Waals surface area contributed by atoms with Crippen molar-refractivity contribution >= 4 is 5.71 Å². The Labute approximate surface area is 90.9 Å². The monoisotopic (exact) mass is 220 g/mol. The van der Waals surface area contributed by atoms with Crippen molar-refractivity contribution in [2.45, 2.75) is 6.30 Å². The third-order valence-corrected chi connectivity index (χ3v) is 2.07. The number of aromatic nitrogens is 3. The van der Waals surface area contributed by atoms with Crippen LogP contribution in [0.25, 0.3) is 0 Å². The largest absolute Gasteiger partial charge is 0.410 e. The lowest BCUT2D eigenvalue weighted by molar-refractivity contribution is 0.275. The predicted molar refractivity (Wildman–Crippen MR) is 54.9 cm³/mol. The summed E-state index contributed by atoms with van der Waals surface area (Å²) in [4.78, 5) is 3.63. The summed E-state index contributed by atoms with van der Waals surface area (Å²) in [5.74, 6) is 0. The molecule has 6 heteroatoms. The molecule has 5 nitrogen and oxygen atoms in total. The Balaban J connectivity index is 2.32. The standard InChI is InChI=1S/C10H9FN4O/c11-10(15-7-12-6-13-15)9(14-16)8-4-2-1-3-5-8/h1-7,10,16H/b14-9-. The van der Waals surface area contributed by atoms with E-state index in [-0.39, 0.29) is 5.71 Å². The molecule has 1 heterocycles. The highest BCUT2D eigenvalue weighted by molar-refractivity contribution is 6.02. The van der Waals surface area contributed by atoms with Gasteiger partial charge in [-0.1, -0.05) is 35.5 Å². The molecule has 0 aliphatic rings. The van der Waals surface area contributed by atoms with Crippen LogP contribution in [0.15, 0.2) is 48.1 Å². The minimum absolute atomic E-state index is 0.105. The predicted octanol–water partition coefficient (Wildman–Crippen LogP) is 1.62. The average Bonchev–Trinajstić information content (AvgIpc) is 2.85. The number of hydrogen-bond donors (Lipinski definition) is 1. The summed E-state index contributed by atoms with van der Waals surface area (Å²) in [7, 11) is 0. The van der Waals surface area contributed by atoms with Gasteiger partial charge in [-0.15, -0.1) is 0 Å². The molecular weight excluding hydrogens is 211 g/mol. The average molecular weight is 220 g/mol. The highest BCUT2D eigenvalue weighted by Gasteiger charge is 2.19. The molecule has 1 N–H and O–H groups in total. The molecule has 0 spiro atoms. The molecule has 0 aliphatic carbocycles. The number of nitrogens with zero attached hydrogens (tertiary/aromatic N) is 4. The van der Waals surface area contributed by atoms with Gasteiger partial charge in [0.15, 0.2) is 0 Å². The zero-order valence-corrected chi connectivity index (χ0v) is 8.23. The second-order valence-electron chi connectivity index (χ2n) is 3.06. The molecule has 0 fully saturated rings. The van der Waals surface area contributed by atoms with Crippen molar-refractivity contribution in [3.8, 4) is 0 Å². The SMILES string of the molecule is O/N=C(/c1ccccc1)C(F)n1cncn1. The number of halogens is 1. The van der Waals surface area contributed by atoms with E-state index in [2.05, 4.69) is 15.2 Å². The maximum atomic E-state index is 13.9. The van der Waals surface area contributed by atoms with Crippen LogP contribution in [-0.2, 0) is 0 Å². The van der Waals surface area contributed by atoms with E-state index >= 15 is 0 Å².